The van der Waals surface area contributed by atoms with E-state index in [2.05, 4.69) is 25.2 Å². The van der Waals surface area contributed by atoms with Crippen molar-refractivity contribution in [1.82, 2.24) is 0 Å². The Morgan fingerprint density at radius 3 is 2.48 bits per heavy atom. The summed E-state index contributed by atoms with van der Waals surface area (Å²) < 4.78 is 5.42. The zero-order chi connectivity index (χ0) is 18.6. The number of ether oxygens (including phenoxy) is 1. The van der Waals surface area contributed by atoms with Crippen LogP contribution >= 0.6 is 0 Å². The minimum Gasteiger partial charge on any atom is -0.496 e. The molecule has 0 saturated carbocycles. The fourth-order valence-electron chi connectivity index (χ4n) is 2.53. The maximum atomic E-state index is 12.6. The van der Waals surface area contributed by atoms with Gasteiger partial charge in [0.05, 0.1) is 18.7 Å². The average molecular weight is 337 g/mol. The van der Waals surface area contributed by atoms with Crippen LogP contribution in [0.15, 0.2) is 36.4 Å². The third kappa shape index (κ3) is 4.30. The molecule has 0 fully saturated rings. The number of nitriles is 1. The highest BCUT2D eigenvalue weighted by Gasteiger charge is 2.13. The highest BCUT2D eigenvalue weighted by molar-refractivity contribution is 6.05. The van der Waals surface area contributed by atoms with Gasteiger partial charge < -0.3 is 15.0 Å². The third-order valence-electron chi connectivity index (χ3n) is 3.94. The molecule has 2 rings (SSSR count). The first-order chi connectivity index (χ1) is 11.8. The van der Waals surface area contributed by atoms with Crippen LogP contribution in [0.1, 0.15) is 41.3 Å². The van der Waals surface area contributed by atoms with Gasteiger partial charge in [0.2, 0.25) is 0 Å². The Balaban J connectivity index is 2.31. The lowest BCUT2D eigenvalue weighted by atomic mass is 10.0. The van der Waals surface area contributed by atoms with E-state index in [1.165, 1.54) is 0 Å². The SMILES string of the molecule is COc1cc(NC(=O)c2cc(C#N)cc(N(C)C)c2)ccc1C(C)C. The number of nitrogens with one attached hydrogen (secondary N) is 1. The average Bonchev–Trinajstić information content (AvgIpc) is 2.60. The van der Waals surface area contributed by atoms with Crippen molar-refractivity contribution in [3.05, 3.63) is 53.1 Å². The zero-order valence-electron chi connectivity index (χ0n) is 15.3. The molecule has 5 heteroatoms. The Morgan fingerprint density at radius 2 is 1.92 bits per heavy atom. The molecule has 130 valence electrons. The van der Waals surface area contributed by atoms with Gasteiger partial charge in [-0.2, -0.15) is 5.26 Å². The predicted molar refractivity (Wildman–Crippen MR) is 101 cm³/mol. The molecule has 1 amide bonds. The number of amides is 1. The van der Waals surface area contributed by atoms with Crippen molar-refractivity contribution in [3.63, 3.8) is 0 Å². The molecular weight excluding hydrogens is 314 g/mol. The van der Waals surface area contributed by atoms with Crippen molar-refractivity contribution in [3.8, 4) is 11.8 Å². The molecule has 1 N–H and O–H groups in total. The second kappa shape index (κ2) is 7.71. The molecule has 25 heavy (non-hydrogen) atoms. The Labute approximate surface area is 148 Å². The van der Waals surface area contributed by atoms with Gasteiger partial charge in [-0.25, -0.2) is 0 Å². The molecule has 0 radical (unpaired) electrons. The summed E-state index contributed by atoms with van der Waals surface area (Å²) in [6.45, 7) is 4.18. The first-order valence-corrected chi connectivity index (χ1v) is 8.07. The van der Waals surface area contributed by atoms with E-state index in [0.717, 1.165) is 17.0 Å². The molecule has 0 heterocycles. The number of hydrogen-bond donors (Lipinski definition) is 1. The van der Waals surface area contributed by atoms with Crippen LogP contribution in [0.25, 0.3) is 0 Å². The number of benzene rings is 2. The fourth-order valence-corrected chi connectivity index (χ4v) is 2.53. The maximum Gasteiger partial charge on any atom is 0.255 e. The molecule has 0 aliphatic carbocycles. The van der Waals surface area contributed by atoms with Gasteiger partial charge in [0.1, 0.15) is 5.75 Å². The molecule has 5 nitrogen and oxygen atoms in total. The highest BCUT2D eigenvalue weighted by atomic mass is 16.5. The van der Waals surface area contributed by atoms with E-state index in [1.807, 2.05) is 37.2 Å². The van der Waals surface area contributed by atoms with Crippen molar-refractivity contribution in [2.45, 2.75) is 19.8 Å². The Hall–Kier alpha value is -3.00. The molecule has 0 spiro atoms. The van der Waals surface area contributed by atoms with Crippen LogP contribution < -0.4 is 15.0 Å². The standard InChI is InChI=1S/C20H23N3O2/c1-13(2)18-7-6-16(11-19(18)25-5)22-20(24)15-8-14(12-21)9-17(10-15)23(3)4/h6-11,13H,1-5H3,(H,22,24). The van der Waals surface area contributed by atoms with E-state index in [1.54, 1.807) is 25.3 Å². The largest absolute Gasteiger partial charge is 0.496 e. The molecule has 0 unspecified atom stereocenters. The van der Waals surface area contributed by atoms with E-state index < -0.39 is 0 Å². The third-order valence-corrected chi connectivity index (χ3v) is 3.94. The van der Waals surface area contributed by atoms with Gasteiger partial charge in [0, 0.05) is 37.1 Å². The van der Waals surface area contributed by atoms with Crippen molar-refractivity contribution < 1.29 is 9.53 Å². The molecule has 0 saturated heterocycles. The lowest BCUT2D eigenvalue weighted by Gasteiger charge is -2.16. The quantitative estimate of drug-likeness (QED) is 0.895. The second-order valence-electron chi connectivity index (χ2n) is 6.34. The number of hydrogen-bond acceptors (Lipinski definition) is 4. The number of rotatable bonds is 5. The van der Waals surface area contributed by atoms with Gasteiger partial charge in [-0.3, -0.25) is 4.79 Å². The number of anilines is 2. The second-order valence-corrected chi connectivity index (χ2v) is 6.34. The van der Waals surface area contributed by atoms with Gasteiger partial charge >= 0.3 is 0 Å². The molecule has 0 aliphatic heterocycles. The molecule has 0 aliphatic rings. The summed E-state index contributed by atoms with van der Waals surface area (Å²) in [5.41, 5.74) is 3.43. The smallest absolute Gasteiger partial charge is 0.255 e. The van der Waals surface area contributed by atoms with Crippen LogP contribution in [0.5, 0.6) is 5.75 Å². The summed E-state index contributed by atoms with van der Waals surface area (Å²) >= 11 is 0. The molecule has 2 aromatic rings. The van der Waals surface area contributed by atoms with Crippen molar-refractivity contribution in [2.75, 3.05) is 31.4 Å². The lowest BCUT2D eigenvalue weighted by molar-refractivity contribution is 0.102. The Morgan fingerprint density at radius 1 is 1.20 bits per heavy atom. The Kier molecular flexibility index (Phi) is 5.66. The molecule has 0 atom stereocenters. The maximum absolute atomic E-state index is 12.6. The number of carbonyl (C=O) groups excluding carboxylic acids is 1. The topological polar surface area (TPSA) is 65.4 Å². The van der Waals surface area contributed by atoms with Gasteiger partial charge in [-0.1, -0.05) is 19.9 Å². The van der Waals surface area contributed by atoms with E-state index in [9.17, 15) is 10.1 Å². The summed E-state index contributed by atoms with van der Waals surface area (Å²) in [5, 5.41) is 12.0. The van der Waals surface area contributed by atoms with Gasteiger partial charge in [-0.15, -0.1) is 0 Å². The molecule has 2 aromatic carbocycles. The normalized spacial score (nSPS) is 10.3. The summed E-state index contributed by atoms with van der Waals surface area (Å²) in [6, 6.07) is 12.8. The monoisotopic (exact) mass is 337 g/mol. The summed E-state index contributed by atoms with van der Waals surface area (Å²) in [4.78, 5) is 14.5. The van der Waals surface area contributed by atoms with Crippen LogP contribution in [0.4, 0.5) is 11.4 Å². The van der Waals surface area contributed by atoms with E-state index in [4.69, 9.17) is 4.74 Å². The summed E-state index contributed by atoms with van der Waals surface area (Å²) in [6.07, 6.45) is 0. The van der Waals surface area contributed by atoms with Crippen LogP contribution in [-0.4, -0.2) is 27.1 Å². The summed E-state index contributed by atoms with van der Waals surface area (Å²) in [5.74, 6) is 0.807. The predicted octanol–water partition coefficient (Wildman–Crippen LogP) is 4.01. The van der Waals surface area contributed by atoms with Gasteiger partial charge in [0.25, 0.3) is 5.91 Å². The van der Waals surface area contributed by atoms with Crippen LogP contribution in [0.2, 0.25) is 0 Å². The van der Waals surface area contributed by atoms with Crippen LogP contribution in [0, 0.1) is 11.3 Å². The van der Waals surface area contributed by atoms with E-state index in [-0.39, 0.29) is 5.91 Å². The number of carbonyl (C=O) groups is 1. The molecule has 0 aromatic heterocycles. The van der Waals surface area contributed by atoms with Crippen molar-refractivity contribution >= 4 is 17.3 Å². The van der Waals surface area contributed by atoms with Crippen molar-refractivity contribution in [1.29, 1.82) is 5.26 Å². The number of nitrogens with zero attached hydrogens (tertiary/aromatic N) is 2. The van der Waals surface area contributed by atoms with E-state index >= 15 is 0 Å². The first kappa shape index (κ1) is 18.3. The highest BCUT2D eigenvalue weighted by Crippen LogP contribution is 2.29. The van der Waals surface area contributed by atoms with Crippen molar-refractivity contribution in [2.24, 2.45) is 0 Å². The Bertz CT molecular complexity index is 820. The number of methoxy groups -OCH3 is 1. The minimum atomic E-state index is -0.264. The minimum absolute atomic E-state index is 0.264. The summed E-state index contributed by atoms with van der Waals surface area (Å²) in [7, 11) is 5.36. The van der Waals surface area contributed by atoms with Crippen LogP contribution in [0.3, 0.4) is 0 Å². The van der Waals surface area contributed by atoms with Gasteiger partial charge in [0.15, 0.2) is 0 Å². The van der Waals surface area contributed by atoms with E-state index in [0.29, 0.717) is 22.7 Å². The first-order valence-electron chi connectivity index (χ1n) is 8.07. The zero-order valence-corrected chi connectivity index (χ0v) is 15.3. The lowest BCUT2D eigenvalue weighted by Crippen LogP contribution is -2.15. The molecule has 0 bridgehead atoms. The van der Waals surface area contributed by atoms with Crippen LogP contribution in [-0.2, 0) is 0 Å². The fraction of sp³-hybridized carbons (Fsp3) is 0.300. The van der Waals surface area contributed by atoms with Gasteiger partial charge in [-0.05, 0) is 35.7 Å². The molecular formula is C20H23N3O2.